The molecule has 0 saturated carbocycles. The Morgan fingerprint density at radius 2 is 2.50 bits per heavy atom. The van der Waals surface area contributed by atoms with Gasteiger partial charge in [0.25, 0.3) is 0 Å². The van der Waals surface area contributed by atoms with E-state index in [1.807, 2.05) is 13.0 Å². The smallest absolute Gasteiger partial charge is 0.0935 e. The summed E-state index contributed by atoms with van der Waals surface area (Å²) in [5, 5.41) is 3.93. The maximum Gasteiger partial charge on any atom is 0.0935 e. The molecule has 0 fully saturated rings. The van der Waals surface area contributed by atoms with Crippen molar-refractivity contribution in [2.24, 2.45) is 5.73 Å². The third kappa shape index (κ3) is 1.83. The highest BCUT2D eigenvalue weighted by atomic mass is 32.1. The molecule has 0 aliphatic carbocycles. The number of hydrogen-bond acceptors (Lipinski definition) is 5. The van der Waals surface area contributed by atoms with E-state index in [2.05, 4.69) is 9.59 Å². The van der Waals surface area contributed by atoms with Crippen LogP contribution in [-0.2, 0) is 6.42 Å². The van der Waals surface area contributed by atoms with Gasteiger partial charge < -0.3 is 10.2 Å². The summed E-state index contributed by atoms with van der Waals surface area (Å²) in [6.45, 7) is 1.92. The zero-order valence-electron chi connectivity index (χ0n) is 7.80. The highest BCUT2D eigenvalue weighted by molar-refractivity contribution is 7.05. The molecule has 0 spiro atoms. The standard InChI is InChI=1S/C9H11N3OS/c1-6-9(14-12-11-6)8(10)4-7-2-3-13-5-7/h2-3,5,8H,4,10H2,1H3. The number of rotatable bonds is 3. The van der Waals surface area contributed by atoms with Gasteiger partial charge in [0, 0.05) is 6.04 Å². The van der Waals surface area contributed by atoms with Gasteiger partial charge in [-0.05, 0) is 36.5 Å². The maximum absolute atomic E-state index is 6.02. The van der Waals surface area contributed by atoms with Gasteiger partial charge in [0.05, 0.1) is 23.1 Å². The minimum Gasteiger partial charge on any atom is -0.472 e. The van der Waals surface area contributed by atoms with Crippen molar-refractivity contribution in [1.29, 1.82) is 0 Å². The molecule has 2 aromatic heterocycles. The number of furan rings is 1. The van der Waals surface area contributed by atoms with Gasteiger partial charge in [-0.25, -0.2) is 0 Å². The lowest BCUT2D eigenvalue weighted by atomic mass is 10.1. The van der Waals surface area contributed by atoms with E-state index in [1.165, 1.54) is 11.5 Å². The molecule has 14 heavy (non-hydrogen) atoms. The second-order valence-corrected chi connectivity index (χ2v) is 3.95. The van der Waals surface area contributed by atoms with Crippen LogP contribution < -0.4 is 5.73 Å². The van der Waals surface area contributed by atoms with Gasteiger partial charge in [-0.2, -0.15) is 0 Å². The molecule has 2 rings (SSSR count). The second-order valence-electron chi connectivity index (χ2n) is 3.16. The minimum absolute atomic E-state index is 0.0346. The molecule has 0 aromatic carbocycles. The van der Waals surface area contributed by atoms with Crippen LogP contribution in [0.15, 0.2) is 23.0 Å². The average Bonchev–Trinajstić information content (AvgIpc) is 2.75. The van der Waals surface area contributed by atoms with E-state index in [4.69, 9.17) is 10.2 Å². The molecule has 0 saturated heterocycles. The Labute approximate surface area is 85.9 Å². The normalized spacial score (nSPS) is 13.0. The molecule has 2 heterocycles. The lowest BCUT2D eigenvalue weighted by Crippen LogP contribution is -2.12. The number of hydrogen-bond donors (Lipinski definition) is 1. The molecule has 4 nitrogen and oxygen atoms in total. The molecule has 2 N–H and O–H groups in total. The molecule has 2 aromatic rings. The van der Waals surface area contributed by atoms with Crippen LogP contribution in [0, 0.1) is 6.92 Å². The first-order chi connectivity index (χ1) is 6.77. The van der Waals surface area contributed by atoms with Crippen molar-refractivity contribution in [1.82, 2.24) is 9.59 Å². The Morgan fingerprint density at radius 3 is 3.07 bits per heavy atom. The molecule has 0 aliphatic heterocycles. The minimum atomic E-state index is -0.0346. The SMILES string of the molecule is Cc1nnsc1C(N)Cc1ccoc1. The van der Waals surface area contributed by atoms with E-state index < -0.39 is 0 Å². The van der Waals surface area contributed by atoms with Crippen molar-refractivity contribution >= 4 is 11.5 Å². The van der Waals surface area contributed by atoms with Gasteiger partial charge >= 0.3 is 0 Å². The van der Waals surface area contributed by atoms with E-state index in [0.717, 1.165) is 22.6 Å². The predicted octanol–water partition coefficient (Wildman–Crippen LogP) is 1.68. The summed E-state index contributed by atoms with van der Waals surface area (Å²) in [7, 11) is 0. The summed E-state index contributed by atoms with van der Waals surface area (Å²) in [6.07, 6.45) is 4.13. The Kier molecular flexibility index (Phi) is 2.60. The summed E-state index contributed by atoms with van der Waals surface area (Å²) in [6, 6.07) is 1.89. The largest absolute Gasteiger partial charge is 0.472 e. The molecule has 5 heteroatoms. The summed E-state index contributed by atoms with van der Waals surface area (Å²) in [4.78, 5) is 1.05. The monoisotopic (exact) mass is 209 g/mol. The Balaban J connectivity index is 2.10. The molecular weight excluding hydrogens is 198 g/mol. The average molecular weight is 209 g/mol. The van der Waals surface area contributed by atoms with Crippen molar-refractivity contribution in [3.63, 3.8) is 0 Å². The zero-order valence-corrected chi connectivity index (χ0v) is 8.62. The third-order valence-electron chi connectivity index (χ3n) is 2.06. The van der Waals surface area contributed by atoms with Crippen LogP contribution >= 0.6 is 11.5 Å². The Bertz CT molecular complexity index is 396. The summed E-state index contributed by atoms with van der Waals surface area (Å²) in [5.74, 6) is 0. The van der Waals surface area contributed by atoms with E-state index in [1.54, 1.807) is 12.5 Å². The van der Waals surface area contributed by atoms with Crippen LogP contribution in [0.25, 0.3) is 0 Å². The number of nitrogens with two attached hydrogens (primary N) is 1. The lowest BCUT2D eigenvalue weighted by molar-refractivity contribution is 0.561. The van der Waals surface area contributed by atoms with Gasteiger partial charge in [-0.1, -0.05) is 4.49 Å². The van der Waals surface area contributed by atoms with Crippen LogP contribution in [0.1, 0.15) is 22.2 Å². The first-order valence-electron chi connectivity index (χ1n) is 4.33. The van der Waals surface area contributed by atoms with E-state index in [0.29, 0.717) is 0 Å². The van der Waals surface area contributed by atoms with Crippen LogP contribution in [-0.4, -0.2) is 9.59 Å². The topological polar surface area (TPSA) is 64.9 Å². The molecule has 0 amide bonds. The highest BCUT2D eigenvalue weighted by Gasteiger charge is 2.13. The number of nitrogens with zero attached hydrogens (tertiary/aromatic N) is 2. The van der Waals surface area contributed by atoms with Crippen molar-refractivity contribution in [3.05, 3.63) is 34.7 Å². The summed E-state index contributed by atoms with van der Waals surface area (Å²) in [5.41, 5.74) is 8.04. The molecule has 0 bridgehead atoms. The third-order valence-corrected chi connectivity index (χ3v) is 3.02. The van der Waals surface area contributed by atoms with Crippen molar-refractivity contribution in [3.8, 4) is 0 Å². The predicted molar refractivity (Wildman–Crippen MR) is 54.0 cm³/mol. The van der Waals surface area contributed by atoms with Crippen LogP contribution in [0.3, 0.4) is 0 Å². The fraction of sp³-hybridized carbons (Fsp3) is 0.333. The van der Waals surface area contributed by atoms with Crippen molar-refractivity contribution < 1.29 is 4.42 Å². The molecule has 1 atom stereocenters. The van der Waals surface area contributed by atoms with Gasteiger partial charge in [-0.15, -0.1) is 5.10 Å². The first-order valence-corrected chi connectivity index (χ1v) is 5.10. The Hall–Kier alpha value is -1.20. The van der Waals surface area contributed by atoms with E-state index in [-0.39, 0.29) is 6.04 Å². The quantitative estimate of drug-likeness (QED) is 0.835. The molecule has 1 unspecified atom stereocenters. The lowest BCUT2D eigenvalue weighted by Gasteiger charge is -2.06. The van der Waals surface area contributed by atoms with Gasteiger partial charge in [0.15, 0.2) is 0 Å². The zero-order chi connectivity index (χ0) is 9.97. The van der Waals surface area contributed by atoms with Crippen LogP contribution in [0.5, 0.6) is 0 Å². The second kappa shape index (κ2) is 3.89. The fourth-order valence-electron chi connectivity index (χ4n) is 1.33. The summed E-state index contributed by atoms with van der Waals surface area (Å²) >= 11 is 1.36. The molecular formula is C9H11N3OS. The fourth-order valence-corrected chi connectivity index (χ4v) is 1.98. The van der Waals surface area contributed by atoms with E-state index in [9.17, 15) is 0 Å². The Morgan fingerprint density at radius 1 is 1.64 bits per heavy atom. The molecule has 0 aliphatic rings. The molecule has 0 radical (unpaired) electrons. The van der Waals surface area contributed by atoms with E-state index >= 15 is 0 Å². The van der Waals surface area contributed by atoms with Crippen molar-refractivity contribution in [2.45, 2.75) is 19.4 Å². The van der Waals surface area contributed by atoms with Gasteiger partial charge in [0.2, 0.25) is 0 Å². The van der Waals surface area contributed by atoms with Crippen molar-refractivity contribution in [2.75, 3.05) is 0 Å². The van der Waals surface area contributed by atoms with Crippen LogP contribution in [0.4, 0.5) is 0 Å². The first kappa shape index (κ1) is 9.36. The number of aromatic nitrogens is 2. The van der Waals surface area contributed by atoms with Gasteiger partial charge in [-0.3, -0.25) is 0 Å². The highest BCUT2D eigenvalue weighted by Crippen LogP contribution is 2.21. The molecule has 74 valence electrons. The maximum atomic E-state index is 6.02. The number of aryl methyl sites for hydroxylation is 1. The van der Waals surface area contributed by atoms with Crippen LogP contribution in [0.2, 0.25) is 0 Å². The summed E-state index contributed by atoms with van der Waals surface area (Å²) < 4.78 is 8.84. The van der Waals surface area contributed by atoms with Gasteiger partial charge in [0.1, 0.15) is 0 Å².